The van der Waals surface area contributed by atoms with Gasteiger partial charge in [0, 0.05) is 10.5 Å². The zero-order valence-electron chi connectivity index (χ0n) is 16.8. The summed E-state index contributed by atoms with van der Waals surface area (Å²) >= 11 is 3.40. The lowest BCUT2D eigenvalue weighted by Gasteiger charge is -2.10. The van der Waals surface area contributed by atoms with Gasteiger partial charge in [-0.1, -0.05) is 58.4 Å². The summed E-state index contributed by atoms with van der Waals surface area (Å²) in [5.74, 6) is 0.453. The third kappa shape index (κ3) is 4.86. The Hall–Kier alpha value is -3.38. The fourth-order valence-corrected chi connectivity index (χ4v) is 3.51. The first-order valence-electron chi connectivity index (χ1n) is 9.67. The van der Waals surface area contributed by atoms with Gasteiger partial charge in [-0.3, -0.25) is 4.79 Å². The highest BCUT2D eigenvalue weighted by Crippen LogP contribution is 2.27. The van der Waals surface area contributed by atoms with Gasteiger partial charge < -0.3 is 13.9 Å². The third-order valence-corrected chi connectivity index (χ3v) is 5.30. The van der Waals surface area contributed by atoms with Gasteiger partial charge in [0.25, 0.3) is 0 Å². The van der Waals surface area contributed by atoms with Gasteiger partial charge in [0.1, 0.15) is 23.7 Å². The SMILES string of the molecule is Cc1oc2cc(OCC(=O)OCc3ccccc3)ccc2c(=O)c1-c1ccc(Br)cc1. The lowest BCUT2D eigenvalue weighted by Crippen LogP contribution is -2.15. The maximum atomic E-state index is 13.0. The van der Waals surface area contributed by atoms with Gasteiger partial charge in [-0.25, -0.2) is 4.79 Å². The Kier molecular flexibility index (Phi) is 6.18. The van der Waals surface area contributed by atoms with Gasteiger partial charge >= 0.3 is 5.97 Å². The molecule has 3 aromatic carbocycles. The lowest BCUT2D eigenvalue weighted by atomic mass is 10.0. The van der Waals surface area contributed by atoms with Crippen LogP contribution < -0.4 is 10.2 Å². The molecule has 5 nitrogen and oxygen atoms in total. The number of hydrogen-bond acceptors (Lipinski definition) is 5. The number of rotatable bonds is 6. The topological polar surface area (TPSA) is 65.7 Å². The lowest BCUT2D eigenvalue weighted by molar-refractivity contribution is -0.147. The van der Waals surface area contributed by atoms with Crippen LogP contribution in [-0.4, -0.2) is 12.6 Å². The molecule has 6 heteroatoms. The van der Waals surface area contributed by atoms with Gasteiger partial charge in [0.15, 0.2) is 6.61 Å². The number of fused-ring (bicyclic) bond motifs is 1. The molecule has 0 aliphatic heterocycles. The zero-order chi connectivity index (χ0) is 21.8. The van der Waals surface area contributed by atoms with Crippen molar-refractivity contribution in [3.8, 4) is 16.9 Å². The van der Waals surface area contributed by atoms with Crippen molar-refractivity contribution in [2.45, 2.75) is 13.5 Å². The molecule has 4 rings (SSSR count). The summed E-state index contributed by atoms with van der Waals surface area (Å²) in [4.78, 5) is 25.0. The van der Waals surface area contributed by atoms with E-state index in [-0.39, 0.29) is 18.6 Å². The van der Waals surface area contributed by atoms with Gasteiger partial charge in [-0.2, -0.15) is 0 Å². The normalized spacial score (nSPS) is 10.8. The molecule has 4 aromatic rings. The van der Waals surface area contributed by atoms with E-state index in [1.165, 1.54) is 0 Å². The Bertz CT molecular complexity index is 1280. The number of carbonyl (C=O) groups excluding carboxylic acids is 1. The molecule has 0 fully saturated rings. The molecule has 0 atom stereocenters. The average Bonchev–Trinajstić information content (AvgIpc) is 2.78. The predicted molar refractivity (Wildman–Crippen MR) is 122 cm³/mol. The molecule has 0 N–H and O–H groups in total. The van der Waals surface area contributed by atoms with Crippen molar-refractivity contribution in [3.05, 3.63) is 98.8 Å². The molecular weight excluding hydrogens is 460 g/mol. The standard InChI is InChI=1S/C25H19BrO5/c1-16-24(18-7-9-19(26)10-8-18)25(28)21-12-11-20(13-22(21)31-16)29-15-23(27)30-14-17-5-3-2-4-6-17/h2-13H,14-15H2,1H3. The van der Waals surface area contributed by atoms with Crippen LogP contribution in [0.1, 0.15) is 11.3 Å². The quantitative estimate of drug-likeness (QED) is 0.335. The molecule has 0 aliphatic carbocycles. The van der Waals surface area contributed by atoms with Crippen molar-refractivity contribution in [1.82, 2.24) is 0 Å². The van der Waals surface area contributed by atoms with Crippen LogP contribution in [0.2, 0.25) is 0 Å². The zero-order valence-corrected chi connectivity index (χ0v) is 18.3. The Morgan fingerprint density at radius 1 is 1.00 bits per heavy atom. The summed E-state index contributed by atoms with van der Waals surface area (Å²) in [5, 5.41) is 0.447. The maximum Gasteiger partial charge on any atom is 0.344 e. The molecule has 0 amide bonds. The summed E-state index contributed by atoms with van der Waals surface area (Å²) in [6.45, 7) is 1.71. The predicted octanol–water partition coefficient (Wildman–Crippen LogP) is 5.65. The summed E-state index contributed by atoms with van der Waals surface area (Å²) in [6.07, 6.45) is 0. The fourth-order valence-electron chi connectivity index (χ4n) is 3.25. The first-order chi connectivity index (χ1) is 15.0. The Balaban J connectivity index is 1.49. The van der Waals surface area contributed by atoms with Crippen LogP contribution in [0.4, 0.5) is 0 Å². The van der Waals surface area contributed by atoms with Crippen LogP contribution in [-0.2, 0) is 16.1 Å². The van der Waals surface area contributed by atoms with Crippen LogP contribution in [0.5, 0.6) is 5.75 Å². The van der Waals surface area contributed by atoms with Crippen LogP contribution in [0, 0.1) is 6.92 Å². The summed E-state index contributed by atoms with van der Waals surface area (Å²) < 4.78 is 17.6. The number of benzene rings is 3. The second kappa shape index (κ2) is 9.18. The monoisotopic (exact) mass is 478 g/mol. The van der Waals surface area contributed by atoms with E-state index in [2.05, 4.69) is 15.9 Å². The van der Waals surface area contributed by atoms with E-state index in [4.69, 9.17) is 13.9 Å². The maximum absolute atomic E-state index is 13.0. The molecule has 31 heavy (non-hydrogen) atoms. The van der Waals surface area contributed by atoms with E-state index in [1.807, 2.05) is 54.6 Å². The molecule has 156 valence electrons. The van der Waals surface area contributed by atoms with Crippen LogP contribution in [0.3, 0.4) is 0 Å². The van der Waals surface area contributed by atoms with E-state index in [9.17, 15) is 9.59 Å². The smallest absolute Gasteiger partial charge is 0.344 e. The van der Waals surface area contributed by atoms with E-state index >= 15 is 0 Å². The fraction of sp³-hybridized carbons (Fsp3) is 0.120. The van der Waals surface area contributed by atoms with Crippen molar-refractivity contribution in [2.24, 2.45) is 0 Å². The number of carbonyl (C=O) groups is 1. The third-order valence-electron chi connectivity index (χ3n) is 4.77. The molecule has 1 aromatic heterocycles. The molecule has 0 aliphatic rings. The largest absolute Gasteiger partial charge is 0.482 e. The van der Waals surface area contributed by atoms with Crippen molar-refractivity contribution in [2.75, 3.05) is 6.61 Å². The molecular formula is C25H19BrO5. The van der Waals surface area contributed by atoms with Crippen molar-refractivity contribution in [1.29, 1.82) is 0 Å². The molecule has 0 radical (unpaired) electrons. The molecule has 0 saturated carbocycles. The van der Waals surface area contributed by atoms with E-state index in [1.54, 1.807) is 25.1 Å². The highest BCUT2D eigenvalue weighted by Gasteiger charge is 2.14. The second-order valence-electron chi connectivity index (χ2n) is 6.96. The van der Waals surface area contributed by atoms with Crippen molar-refractivity contribution in [3.63, 3.8) is 0 Å². The molecule has 0 bridgehead atoms. The molecule has 1 heterocycles. The number of esters is 1. The highest BCUT2D eigenvalue weighted by atomic mass is 79.9. The minimum Gasteiger partial charge on any atom is -0.482 e. The number of aryl methyl sites for hydroxylation is 1. The molecule has 0 spiro atoms. The van der Waals surface area contributed by atoms with Gasteiger partial charge in [0.2, 0.25) is 5.43 Å². The minimum absolute atomic E-state index is 0.116. The summed E-state index contributed by atoms with van der Waals surface area (Å²) in [6, 6.07) is 21.8. The molecule has 0 saturated heterocycles. The Labute approximate surface area is 187 Å². The van der Waals surface area contributed by atoms with Gasteiger partial charge in [-0.05, 0) is 42.3 Å². The number of ether oxygens (including phenoxy) is 2. The highest BCUT2D eigenvalue weighted by molar-refractivity contribution is 9.10. The van der Waals surface area contributed by atoms with Crippen LogP contribution in [0.25, 0.3) is 22.1 Å². The average molecular weight is 479 g/mol. The van der Waals surface area contributed by atoms with E-state index in [0.717, 1.165) is 15.6 Å². The first kappa shape index (κ1) is 20.9. The van der Waals surface area contributed by atoms with Gasteiger partial charge in [0.05, 0.1) is 10.9 Å². The van der Waals surface area contributed by atoms with E-state index in [0.29, 0.717) is 28.0 Å². The van der Waals surface area contributed by atoms with Crippen molar-refractivity contribution < 1.29 is 18.7 Å². The summed E-state index contributed by atoms with van der Waals surface area (Å²) in [5.41, 5.74) is 2.50. The van der Waals surface area contributed by atoms with Crippen LogP contribution >= 0.6 is 15.9 Å². The Morgan fingerprint density at radius 2 is 1.74 bits per heavy atom. The minimum atomic E-state index is -0.479. The summed E-state index contributed by atoms with van der Waals surface area (Å²) in [7, 11) is 0. The van der Waals surface area contributed by atoms with E-state index < -0.39 is 5.97 Å². The number of halogens is 1. The first-order valence-corrected chi connectivity index (χ1v) is 10.5. The number of hydrogen-bond donors (Lipinski definition) is 0. The van der Waals surface area contributed by atoms with Crippen LogP contribution in [0.15, 0.2) is 86.5 Å². The molecule has 0 unspecified atom stereocenters. The Morgan fingerprint density at radius 3 is 2.48 bits per heavy atom. The van der Waals surface area contributed by atoms with Gasteiger partial charge in [-0.15, -0.1) is 0 Å². The second-order valence-corrected chi connectivity index (χ2v) is 7.88. The van der Waals surface area contributed by atoms with Crippen molar-refractivity contribution >= 4 is 32.9 Å².